The standard InChI is InChI=1S/C13H19F3O5S2Si/c1-9-6-7-12(24(3,4)5)11(10(9)2)8-22(17,18)21-23(19,20)13(14,15)16/h6-7H,8H2,1-5H3. The Morgan fingerprint density at radius 3 is 1.96 bits per heavy atom. The van der Waals surface area contributed by atoms with Gasteiger partial charge in [0.25, 0.3) is 10.1 Å². The number of hydrogen-bond donors (Lipinski definition) is 0. The van der Waals surface area contributed by atoms with Crippen molar-refractivity contribution in [2.75, 3.05) is 0 Å². The van der Waals surface area contributed by atoms with Gasteiger partial charge in [0, 0.05) is 0 Å². The van der Waals surface area contributed by atoms with Crippen LogP contribution in [-0.4, -0.2) is 30.4 Å². The Bertz CT molecular complexity index is 838. The summed E-state index contributed by atoms with van der Waals surface area (Å²) in [7, 11) is -13.2. The molecule has 1 rings (SSSR count). The van der Waals surface area contributed by atoms with Gasteiger partial charge in [0.2, 0.25) is 0 Å². The van der Waals surface area contributed by atoms with Gasteiger partial charge in [-0.2, -0.15) is 30.0 Å². The third-order valence-corrected chi connectivity index (χ3v) is 8.31. The highest BCUT2D eigenvalue weighted by Crippen LogP contribution is 2.27. The first kappa shape index (κ1) is 21.1. The van der Waals surface area contributed by atoms with Crippen molar-refractivity contribution < 1.29 is 33.6 Å². The van der Waals surface area contributed by atoms with Gasteiger partial charge < -0.3 is 0 Å². The van der Waals surface area contributed by atoms with E-state index in [4.69, 9.17) is 0 Å². The molecule has 0 heterocycles. The average Bonchev–Trinajstić information content (AvgIpc) is 2.30. The minimum atomic E-state index is -6.22. The Balaban J connectivity index is 3.38. The van der Waals surface area contributed by atoms with Crippen LogP contribution in [0.4, 0.5) is 13.2 Å². The summed E-state index contributed by atoms with van der Waals surface area (Å²) in [5.74, 6) is -0.935. The van der Waals surface area contributed by atoms with E-state index in [-0.39, 0.29) is 0 Å². The molecule has 0 spiro atoms. The Morgan fingerprint density at radius 2 is 1.54 bits per heavy atom. The number of benzene rings is 1. The van der Waals surface area contributed by atoms with Gasteiger partial charge in [0.15, 0.2) is 0 Å². The van der Waals surface area contributed by atoms with Crippen molar-refractivity contribution in [2.24, 2.45) is 0 Å². The lowest BCUT2D eigenvalue weighted by Gasteiger charge is -2.23. The maximum absolute atomic E-state index is 12.3. The lowest BCUT2D eigenvalue weighted by molar-refractivity contribution is -0.0498. The molecule has 0 atom stereocenters. The molecule has 0 aromatic heterocycles. The molecule has 0 aliphatic carbocycles. The normalized spacial score (nSPS) is 14.0. The Hall–Kier alpha value is -0.913. The summed E-state index contributed by atoms with van der Waals surface area (Å²) in [5, 5.41) is 0.724. The first-order chi connectivity index (χ1) is 10.5. The molecule has 0 aliphatic heterocycles. The van der Waals surface area contributed by atoms with Gasteiger partial charge in [-0.25, -0.2) is 0 Å². The molecular weight excluding hydrogens is 385 g/mol. The summed E-state index contributed by atoms with van der Waals surface area (Å²) < 4.78 is 86.3. The second kappa shape index (κ2) is 6.43. The van der Waals surface area contributed by atoms with Gasteiger partial charge >= 0.3 is 15.6 Å². The molecule has 0 saturated heterocycles. The van der Waals surface area contributed by atoms with E-state index >= 15 is 0 Å². The number of hydrogen-bond acceptors (Lipinski definition) is 5. The topological polar surface area (TPSA) is 77.5 Å². The molecule has 24 heavy (non-hydrogen) atoms. The third-order valence-electron chi connectivity index (χ3n) is 3.48. The van der Waals surface area contributed by atoms with E-state index < -0.39 is 39.6 Å². The Labute approximate surface area is 141 Å². The first-order valence-electron chi connectivity index (χ1n) is 6.82. The smallest absolute Gasteiger partial charge is 0.198 e. The summed E-state index contributed by atoms with van der Waals surface area (Å²) in [6.07, 6.45) is 0. The van der Waals surface area contributed by atoms with Crippen molar-refractivity contribution in [3.8, 4) is 0 Å². The van der Waals surface area contributed by atoms with E-state index in [1.54, 1.807) is 26.0 Å². The van der Waals surface area contributed by atoms with Crippen LogP contribution in [0.3, 0.4) is 0 Å². The molecule has 1 aromatic rings. The summed E-state index contributed by atoms with van der Waals surface area (Å²) >= 11 is 0. The molecule has 0 fully saturated rings. The summed E-state index contributed by atoms with van der Waals surface area (Å²) in [5.41, 5.74) is -4.16. The zero-order valence-corrected chi connectivity index (χ0v) is 16.5. The van der Waals surface area contributed by atoms with Crippen LogP contribution in [-0.2, 0) is 29.6 Å². The molecule has 0 bridgehead atoms. The fourth-order valence-corrected chi connectivity index (χ4v) is 6.35. The first-order valence-corrected chi connectivity index (χ1v) is 13.3. The van der Waals surface area contributed by atoms with Crippen LogP contribution in [0, 0.1) is 13.8 Å². The maximum atomic E-state index is 12.3. The lowest BCUT2D eigenvalue weighted by Crippen LogP contribution is -2.41. The van der Waals surface area contributed by atoms with E-state index in [1.807, 2.05) is 19.6 Å². The van der Waals surface area contributed by atoms with E-state index in [2.05, 4.69) is 3.63 Å². The molecule has 0 saturated carbocycles. The van der Waals surface area contributed by atoms with Crippen LogP contribution in [0.15, 0.2) is 12.1 Å². The zero-order valence-electron chi connectivity index (χ0n) is 13.9. The summed E-state index contributed by atoms with van der Waals surface area (Å²) in [6, 6.07) is 3.53. The SMILES string of the molecule is Cc1ccc([Si](C)(C)C)c(CS(=O)(=O)OS(=O)(=O)C(F)(F)F)c1C. The molecule has 11 heteroatoms. The largest absolute Gasteiger partial charge is 0.524 e. The Morgan fingerprint density at radius 1 is 1.04 bits per heavy atom. The quantitative estimate of drug-likeness (QED) is 0.557. The van der Waals surface area contributed by atoms with Gasteiger partial charge in [0.1, 0.15) is 5.75 Å². The predicted molar refractivity (Wildman–Crippen MR) is 87.6 cm³/mol. The predicted octanol–water partition coefficient (Wildman–Crippen LogP) is 2.54. The van der Waals surface area contributed by atoms with Gasteiger partial charge in [-0.1, -0.05) is 37.0 Å². The van der Waals surface area contributed by atoms with Crippen LogP contribution in [0.25, 0.3) is 0 Å². The number of aryl methyl sites for hydroxylation is 1. The Kier molecular flexibility index (Phi) is 5.66. The van der Waals surface area contributed by atoms with Crippen LogP contribution in [0.2, 0.25) is 19.6 Å². The van der Waals surface area contributed by atoms with Crippen LogP contribution in [0.5, 0.6) is 0 Å². The fourth-order valence-electron chi connectivity index (χ4n) is 2.14. The molecule has 0 unspecified atom stereocenters. The number of rotatable bonds is 5. The average molecular weight is 405 g/mol. The van der Waals surface area contributed by atoms with Crippen molar-refractivity contribution >= 4 is 33.5 Å². The van der Waals surface area contributed by atoms with Crippen LogP contribution < -0.4 is 5.19 Å². The molecule has 0 aliphatic rings. The summed E-state index contributed by atoms with van der Waals surface area (Å²) in [6.45, 7) is 9.20. The number of alkyl halides is 3. The third kappa shape index (κ3) is 4.80. The highest BCUT2D eigenvalue weighted by molar-refractivity contribution is 7.99. The van der Waals surface area contributed by atoms with E-state index in [9.17, 15) is 30.0 Å². The van der Waals surface area contributed by atoms with E-state index in [1.165, 1.54) is 0 Å². The molecule has 1 aromatic carbocycles. The van der Waals surface area contributed by atoms with Crippen molar-refractivity contribution in [2.45, 2.75) is 44.7 Å². The molecule has 138 valence electrons. The van der Waals surface area contributed by atoms with Crippen LogP contribution in [0.1, 0.15) is 16.7 Å². The van der Waals surface area contributed by atoms with Crippen molar-refractivity contribution in [3.05, 3.63) is 28.8 Å². The highest BCUT2D eigenvalue weighted by Gasteiger charge is 2.50. The van der Waals surface area contributed by atoms with Gasteiger partial charge in [-0.3, -0.25) is 0 Å². The fraction of sp³-hybridized carbons (Fsp3) is 0.538. The van der Waals surface area contributed by atoms with Crippen molar-refractivity contribution in [3.63, 3.8) is 0 Å². The zero-order chi connectivity index (χ0) is 19.1. The molecule has 5 nitrogen and oxygen atoms in total. The molecular formula is C13H19F3O5S2Si. The van der Waals surface area contributed by atoms with Crippen molar-refractivity contribution in [1.82, 2.24) is 0 Å². The maximum Gasteiger partial charge on any atom is 0.524 e. The highest BCUT2D eigenvalue weighted by atomic mass is 32.3. The monoisotopic (exact) mass is 404 g/mol. The molecule has 0 N–H and O–H groups in total. The van der Waals surface area contributed by atoms with E-state index in [0.717, 1.165) is 10.8 Å². The van der Waals surface area contributed by atoms with Crippen LogP contribution >= 0.6 is 0 Å². The minimum absolute atomic E-state index is 0.298. The second-order valence-corrected chi connectivity index (χ2v) is 14.8. The van der Waals surface area contributed by atoms with Gasteiger partial charge in [-0.05, 0) is 30.5 Å². The molecule has 0 amide bonds. The number of halogens is 3. The lowest BCUT2D eigenvalue weighted by atomic mass is 10.0. The summed E-state index contributed by atoms with van der Waals surface area (Å²) in [4.78, 5) is 0. The molecule has 0 radical (unpaired) electrons. The van der Waals surface area contributed by atoms with Crippen molar-refractivity contribution in [1.29, 1.82) is 0 Å². The van der Waals surface area contributed by atoms with Gasteiger partial charge in [-0.15, -0.1) is 3.63 Å². The minimum Gasteiger partial charge on any atom is -0.198 e. The van der Waals surface area contributed by atoms with E-state index in [0.29, 0.717) is 11.1 Å². The second-order valence-electron chi connectivity index (χ2n) is 6.45. The van der Waals surface area contributed by atoms with Gasteiger partial charge in [0.05, 0.1) is 8.07 Å².